The van der Waals surface area contributed by atoms with Crippen LogP contribution in [-0.4, -0.2) is 104 Å². The summed E-state index contributed by atoms with van der Waals surface area (Å²) in [6, 6.07) is 44.9. The number of halogens is 1. The Labute approximate surface area is 455 Å². The first-order valence-corrected chi connectivity index (χ1v) is 27.0. The van der Waals surface area contributed by atoms with Crippen molar-refractivity contribution in [3.8, 4) is 33.8 Å². The molecule has 0 bridgehead atoms. The van der Waals surface area contributed by atoms with E-state index in [1.54, 1.807) is 54.6 Å². The lowest BCUT2D eigenvalue weighted by Crippen LogP contribution is -2.31. The van der Waals surface area contributed by atoms with Crippen molar-refractivity contribution in [3.63, 3.8) is 0 Å². The highest BCUT2D eigenvalue weighted by atomic mass is 79.9. The molecule has 16 heteroatoms. The number of aromatic nitrogens is 6. The van der Waals surface area contributed by atoms with Crippen LogP contribution in [0, 0.1) is 0 Å². The molecule has 3 aromatic heterocycles. The van der Waals surface area contributed by atoms with Crippen molar-refractivity contribution >= 4 is 78.6 Å². The number of methoxy groups -OCH3 is 1. The first-order chi connectivity index (χ1) is 37.6. The van der Waals surface area contributed by atoms with Gasteiger partial charge in [-0.2, -0.15) is 0 Å². The predicted octanol–water partition coefficient (Wildman–Crippen LogP) is 12.6. The molecule has 0 spiro atoms. The summed E-state index contributed by atoms with van der Waals surface area (Å²) in [7, 11) is 1.35. The van der Waals surface area contributed by atoms with Crippen molar-refractivity contribution in [3.05, 3.63) is 167 Å². The maximum absolute atomic E-state index is 11.5. The number of ether oxygens (including phenoxy) is 1. The van der Waals surface area contributed by atoms with Crippen molar-refractivity contribution in [1.82, 2.24) is 35.2 Å². The fraction of sp³-hybridized carbons (Fsp3) is 0.262. The number of nitrogens with one attached hydrogen (secondary N) is 1. The number of carboxylic acids is 2. The standard InChI is InChI=1S/2C20H19N3O2.C16H11BrN2O2.C5H11N/c2*24-20(25)15-9-10-16-17(13-15)22-19(23-11-5-2-6-12-23)18(21-16)14-7-3-1-4-8-14;1-21-16(20)11-7-8-12-13(9-11)19-15(17)14(18-12)10-5-3-2-4-6-10;1-2-4-6-5-3-1/h2*1,3-4,7-10,13H,2,5-6,11-12H2,(H,24,25);2-9H,1H3;6H,1-5H2. The highest BCUT2D eigenvalue weighted by Crippen LogP contribution is 2.34. The summed E-state index contributed by atoms with van der Waals surface area (Å²) in [5.41, 5.74) is 10.5. The fourth-order valence-corrected chi connectivity index (χ4v) is 9.96. The Hall–Kier alpha value is -8.21. The molecular weight excluding hydrogens is 1030 g/mol. The normalized spacial score (nSPS) is 14.3. The van der Waals surface area contributed by atoms with Gasteiger partial charge in [0.2, 0.25) is 0 Å². The number of carboxylic acid groups (broad SMARTS) is 2. The minimum Gasteiger partial charge on any atom is -0.478 e. The smallest absolute Gasteiger partial charge is 0.337 e. The van der Waals surface area contributed by atoms with Gasteiger partial charge in [-0.25, -0.2) is 44.3 Å². The average Bonchev–Trinajstić information content (AvgIpc) is 3.50. The first kappa shape index (κ1) is 53.6. The molecule has 9 aromatic rings. The average molecular weight is 1100 g/mol. The molecule has 3 N–H and O–H groups in total. The molecule has 3 aliphatic rings. The number of piperidine rings is 3. The van der Waals surface area contributed by atoms with Crippen LogP contribution in [0.15, 0.2) is 150 Å². The van der Waals surface area contributed by atoms with Crippen molar-refractivity contribution in [2.45, 2.75) is 57.8 Å². The van der Waals surface area contributed by atoms with E-state index in [0.29, 0.717) is 37.8 Å². The molecule has 0 unspecified atom stereocenters. The third-order valence-electron chi connectivity index (χ3n) is 13.5. The van der Waals surface area contributed by atoms with Crippen LogP contribution in [0.3, 0.4) is 0 Å². The van der Waals surface area contributed by atoms with E-state index in [1.807, 2.05) is 91.0 Å². The number of carbonyl (C=O) groups is 3. The Balaban J connectivity index is 0.000000134. The molecule has 6 aromatic carbocycles. The lowest BCUT2D eigenvalue weighted by molar-refractivity contribution is 0.0599. The summed E-state index contributed by atoms with van der Waals surface area (Å²) < 4.78 is 5.35. The van der Waals surface area contributed by atoms with E-state index in [1.165, 1.54) is 52.3 Å². The minimum atomic E-state index is -0.949. The topological polar surface area (TPSA) is 197 Å². The number of fused-ring (bicyclic) bond motifs is 3. The summed E-state index contributed by atoms with van der Waals surface area (Å²) in [6.45, 7) is 6.33. The van der Waals surface area contributed by atoms with Crippen LogP contribution in [-0.2, 0) is 4.74 Å². The molecule has 392 valence electrons. The van der Waals surface area contributed by atoms with E-state index < -0.39 is 11.9 Å². The molecule has 3 saturated heterocycles. The molecule has 0 aliphatic carbocycles. The Morgan fingerprint density at radius 1 is 0.442 bits per heavy atom. The van der Waals surface area contributed by atoms with E-state index in [9.17, 15) is 24.6 Å². The second-order valence-electron chi connectivity index (χ2n) is 18.9. The lowest BCUT2D eigenvalue weighted by Gasteiger charge is -2.29. The monoisotopic (exact) mass is 1090 g/mol. The van der Waals surface area contributed by atoms with E-state index in [0.717, 1.165) is 103 Å². The summed E-state index contributed by atoms with van der Waals surface area (Å²) in [6.07, 6.45) is 11.3. The second-order valence-corrected chi connectivity index (χ2v) is 19.6. The molecule has 12 rings (SSSR count). The number of hydrogen-bond acceptors (Lipinski definition) is 13. The van der Waals surface area contributed by atoms with Gasteiger partial charge in [-0.3, -0.25) is 0 Å². The number of aromatic carboxylic acids is 2. The van der Waals surface area contributed by atoms with Gasteiger partial charge < -0.3 is 30.1 Å². The largest absolute Gasteiger partial charge is 0.478 e. The number of rotatable bonds is 8. The molecule has 0 atom stereocenters. The second kappa shape index (κ2) is 26.0. The molecule has 15 nitrogen and oxygen atoms in total. The zero-order valence-electron chi connectivity index (χ0n) is 42.9. The maximum atomic E-state index is 11.5. The Morgan fingerprint density at radius 2 is 0.805 bits per heavy atom. The van der Waals surface area contributed by atoms with Crippen LogP contribution in [0.2, 0.25) is 0 Å². The summed E-state index contributed by atoms with van der Waals surface area (Å²) in [5, 5.41) is 21.8. The van der Waals surface area contributed by atoms with Gasteiger partial charge in [0, 0.05) is 42.9 Å². The van der Waals surface area contributed by atoms with Gasteiger partial charge in [-0.15, -0.1) is 0 Å². The molecular formula is C61H60BrN9O6. The molecule has 0 radical (unpaired) electrons. The molecule has 3 aliphatic heterocycles. The van der Waals surface area contributed by atoms with Gasteiger partial charge >= 0.3 is 17.9 Å². The molecule has 0 saturated carbocycles. The van der Waals surface area contributed by atoms with Crippen LogP contribution in [0.1, 0.15) is 88.9 Å². The Kier molecular flexibility index (Phi) is 18.1. The van der Waals surface area contributed by atoms with Gasteiger partial charge in [0.05, 0.1) is 56.9 Å². The van der Waals surface area contributed by atoms with Gasteiger partial charge in [-0.1, -0.05) is 97.4 Å². The third kappa shape index (κ3) is 13.6. The highest BCUT2D eigenvalue weighted by Gasteiger charge is 2.22. The van der Waals surface area contributed by atoms with Crippen molar-refractivity contribution in [1.29, 1.82) is 0 Å². The fourth-order valence-electron chi connectivity index (χ4n) is 9.45. The van der Waals surface area contributed by atoms with Crippen LogP contribution >= 0.6 is 15.9 Å². The number of benzene rings is 6. The van der Waals surface area contributed by atoms with Crippen molar-refractivity contribution in [2.75, 3.05) is 56.2 Å². The zero-order valence-corrected chi connectivity index (χ0v) is 44.5. The van der Waals surface area contributed by atoms with Gasteiger partial charge in [0.1, 0.15) is 21.7 Å². The predicted molar refractivity (Wildman–Crippen MR) is 307 cm³/mol. The Bertz CT molecular complexity index is 3320. The number of anilines is 2. The summed E-state index contributed by atoms with van der Waals surface area (Å²) >= 11 is 3.44. The van der Waals surface area contributed by atoms with Crippen molar-refractivity contribution in [2.24, 2.45) is 0 Å². The SMILES string of the molecule is C1CCNCC1.COC(=O)c1ccc2nc(-c3ccccc3)c(Br)nc2c1.O=C(O)c1ccc2nc(-c3ccccc3)c(N3CCCCC3)nc2c1.O=C(O)c1ccc2nc(-c3ccccc3)c(N3CCCCC3)nc2c1. The van der Waals surface area contributed by atoms with E-state index >= 15 is 0 Å². The highest BCUT2D eigenvalue weighted by molar-refractivity contribution is 9.10. The van der Waals surface area contributed by atoms with Gasteiger partial charge in [0.15, 0.2) is 11.6 Å². The van der Waals surface area contributed by atoms with Crippen LogP contribution in [0.4, 0.5) is 11.6 Å². The molecule has 0 amide bonds. The minimum absolute atomic E-state index is 0.235. The number of carbonyl (C=O) groups excluding carboxylic acids is 1. The summed E-state index contributed by atoms with van der Waals surface area (Å²) in [4.78, 5) is 67.0. The third-order valence-corrected chi connectivity index (χ3v) is 14.0. The van der Waals surface area contributed by atoms with E-state index in [2.05, 4.69) is 41.0 Å². The van der Waals surface area contributed by atoms with E-state index in [-0.39, 0.29) is 17.1 Å². The first-order valence-electron chi connectivity index (χ1n) is 26.2. The maximum Gasteiger partial charge on any atom is 0.337 e. The van der Waals surface area contributed by atoms with Gasteiger partial charge in [-0.05, 0) is 135 Å². The van der Waals surface area contributed by atoms with Crippen LogP contribution < -0.4 is 15.1 Å². The number of esters is 1. The molecule has 3 fully saturated rings. The Morgan fingerprint density at radius 3 is 1.18 bits per heavy atom. The molecule has 77 heavy (non-hydrogen) atoms. The van der Waals surface area contributed by atoms with Gasteiger partial charge in [0.25, 0.3) is 0 Å². The quantitative estimate of drug-likeness (QED) is 0.121. The lowest BCUT2D eigenvalue weighted by atomic mass is 10.1. The summed E-state index contributed by atoms with van der Waals surface area (Å²) in [5.74, 6) is -0.588. The number of hydrogen-bond donors (Lipinski definition) is 3. The number of nitrogens with zero attached hydrogens (tertiary/aromatic N) is 8. The van der Waals surface area contributed by atoms with Crippen molar-refractivity contribution < 1.29 is 29.3 Å². The van der Waals surface area contributed by atoms with Crippen LogP contribution in [0.25, 0.3) is 66.9 Å². The zero-order chi connectivity index (χ0) is 53.5. The molecule has 6 heterocycles. The van der Waals surface area contributed by atoms with Crippen LogP contribution in [0.5, 0.6) is 0 Å². The van der Waals surface area contributed by atoms with E-state index in [4.69, 9.17) is 24.7 Å².